The summed E-state index contributed by atoms with van der Waals surface area (Å²) < 4.78 is 5.06. The molecule has 0 spiro atoms. The van der Waals surface area contributed by atoms with Crippen molar-refractivity contribution in [2.24, 2.45) is 5.92 Å². The summed E-state index contributed by atoms with van der Waals surface area (Å²) in [6.45, 7) is 7.44. The van der Waals surface area contributed by atoms with Crippen molar-refractivity contribution in [3.63, 3.8) is 0 Å². The molecule has 3 nitrogen and oxygen atoms in total. The largest absolute Gasteiger partial charge is 0.385 e. The third-order valence-electron chi connectivity index (χ3n) is 3.31. The Bertz CT molecular complexity index is 232. The molecule has 0 bridgehead atoms. The van der Waals surface area contributed by atoms with Gasteiger partial charge in [-0.1, -0.05) is 0 Å². The highest BCUT2D eigenvalue weighted by molar-refractivity contribution is 4.96. The second-order valence-electron chi connectivity index (χ2n) is 4.96. The lowest BCUT2D eigenvalue weighted by molar-refractivity contribution is 0.0511. The molecule has 0 aromatic rings. The molecule has 0 N–H and O–H groups in total. The Morgan fingerprint density at radius 1 is 1.53 bits per heavy atom. The van der Waals surface area contributed by atoms with Gasteiger partial charge in [0.1, 0.15) is 0 Å². The van der Waals surface area contributed by atoms with Crippen LogP contribution in [0.5, 0.6) is 0 Å². The zero-order chi connectivity index (χ0) is 11.3. The second-order valence-corrected chi connectivity index (χ2v) is 4.96. The molecule has 1 unspecified atom stereocenters. The Labute approximate surface area is 93.0 Å². The van der Waals surface area contributed by atoms with E-state index >= 15 is 0 Å². The first-order chi connectivity index (χ1) is 7.10. The van der Waals surface area contributed by atoms with Gasteiger partial charge in [0.25, 0.3) is 0 Å². The number of ether oxygens (including phenoxy) is 1. The maximum atomic E-state index is 8.94. The molecular weight excluding hydrogens is 188 g/mol. The van der Waals surface area contributed by atoms with Crippen LogP contribution in [0.4, 0.5) is 0 Å². The van der Waals surface area contributed by atoms with Crippen molar-refractivity contribution < 1.29 is 4.74 Å². The average molecular weight is 210 g/mol. The lowest BCUT2D eigenvalue weighted by atomic mass is 9.83. The van der Waals surface area contributed by atoms with Crippen molar-refractivity contribution in [1.29, 1.82) is 5.26 Å². The first-order valence-corrected chi connectivity index (χ1v) is 5.74. The van der Waals surface area contributed by atoms with Crippen molar-refractivity contribution in [3.05, 3.63) is 0 Å². The lowest BCUT2D eigenvalue weighted by Gasteiger charge is -2.44. The van der Waals surface area contributed by atoms with Crippen LogP contribution < -0.4 is 0 Å². The Morgan fingerprint density at radius 3 is 2.80 bits per heavy atom. The Balaban J connectivity index is 2.42. The fraction of sp³-hybridized carbons (Fsp3) is 0.917. The van der Waals surface area contributed by atoms with Crippen LogP contribution in [0.25, 0.3) is 0 Å². The minimum Gasteiger partial charge on any atom is -0.385 e. The van der Waals surface area contributed by atoms with E-state index in [1.165, 1.54) is 0 Å². The monoisotopic (exact) mass is 210 g/mol. The van der Waals surface area contributed by atoms with Crippen molar-refractivity contribution in [2.75, 3.05) is 26.8 Å². The van der Waals surface area contributed by atoms with Crippen molar-refractivity contribution in [3.8, 4) is 6.07 Å². The molecule has 15 heavy (non-hydrogen) atoms. The fourth-order valence-electron chi connectivity index (χ4n) is 2.37. The van der Waals surface area contributed by atoms with E-state index in [2.05, 4.69) is 24.8 Å². The topological polar surface area (TPSA) is 36.3 Å². The predicted octanol–water partition coefficient (Wildman–Crippen LogP) is 2.04. The summed E-state index contributed by atoms with van der Waals surface area (Å²) in [5.74, 6) is 0.249. The number of methoxy groups -OCH3 is 1. The number of hydrogen-bond acceptors (Lipinski definition) is 3. The molecule has 0 radical (unpaired) electrons. The Hall–Kier alpha value is -0.590. The number of nitrogens with zero attached hydrogens (tertiary/aromatic N) is 2. The van der Waals surface area contributed by atoms with Crippen LogP contribution >= 0.6 is 0 Å². The molecule has 0 aromatic heterocycles. The van der Waals surface area contributed by atoms with Crippen molar-refractivity contribution >= 4 is 0 Å². The molecule has 1 saturated heterocycles. The van der Waals surface area contributed by atoms with Gasteiger partial charge in [-0.2, -0.15) is 5.26 Å². The molecule has 1 rings (SSSR count). The molecule has 0 aromatic carbocycles. The van der Waals surface area contributed by atoms with E-state index in [1.54, 1.807) is 7.11 Å². The smallest absolute Gasteiger partial charge is 0.0657 e. The van der Waals surface area contributed by atoms with E-state index < -0.39 is 0 Å². The molecule has 1 aliphatic rings. The summed E-state index contributed by atoms with van der Waals surface area (Å²) in [7, 11) is 1.74. The van der Waals surface area contributed by atoms with Crippen LogP contribution in [0, 0.1) is 17.2 Å². The molecular formula is C12H22N2O. The minimum absolute atomic E-state index is 0.173. The van der Waals surface area contributed by atoms with Gasteiger partial charge in [-0.25, -0.2) is 0 Å². The van der Waals surface area contributed by atoms with Gasteiger partial charge < -0.3 is 4.74 Å². The zero-order valence-electron chi connectivity index (χ0n) is 10.1. The minimum atomic E-state index is 0.173. The maximum Gasteiger partial charge on any atom is 0.0657 e. The van der Waals surface area contributed by atoms with E-state index in [1.807, 2.05) is 0 Å². The standard InChI is InChI=1S/C12H22N2O/c1-12(2)9-11(10-13)5-7-14(12)6-4-8-15-3/h11H,4-9H2,1-3H3. The first kappa shape index (κ1) is 12.5. The van der Waals surface area contributed by atoms with Gasteiger partial charge in [0, 0.05) is 31.7 Å². The van der Waals surface area contributed by atoms with Gasteiger partial charge in [0.05, 0.1) is 6.07 Å². The van der Waals surface area contributed by atoms with Gasteiger partial charge >= 0.3 is 0 Å². The second kappa shape index (κ2) is 5.48. The van der Waals surface area contributed by atoms with Gasteiger partial charge in [-0.05, 0) is 39.7 Å². The quantitative estimate of drug-likeness (QED) is 0.666. The van der Waals surface area contributed by atoms with E-state index in [0.717, 1.165) is 39.0 Å². The van der Waals surface area contributed by atoms with Gasteiger partial charge in [-0.3, -0.25) is 4.90 Å². The van der Waals surface area contributed by atoms with Gasteiger partial charge in [-0.15, -0.1) is 0 Å². The highest BCUT2D eigenvalue weighted by Gasteiger charge is 2.34. The number of piperidine rings is 1. The highest BCUT2D eigenvalue weighted by atomic mass is 16.5. The van der Waals surface area contributed by atoms with E-state index in [0.29, 0.717) is 0 Å². The molecule has 1 atom stereocenters. The van der Waals surface area contributed by atoms with Crippen LogP contribution in [0.15, 0.2) is 0 Å². The number of hydrogen-bond donors (Lipinski definition) is 0. The summed E-state index contributed by atoms with van der Waals surface area (Å²) in [5, 5.41) is 8.94. The van der Waals surface area contributed by atoms with Crippen molar-refractivity contribution in [1.82, 2.24) is 4.90 Å². The summed E-state index contributed by atoms with van der Waals surface area (Å²) in [6.07, 6.45) is 3.10. The van der Waals surface area contributed by atoms with Crippen molar-refractivity contribution in [2.45, 2.75) is 38.6 Å². The predicted molar refractivity (Wildman–Crippen MR) is 60.5 cm³/mol. The summed E-state index contributed by atoms with van der Waals surface area (Å²) in [6, 6.07) is 2.40. The summed E-state index contributed by atoms with van der Waals surface area (Å²) in [4.78, 5) is 2.49. The molecule has 1 fully saturated rings. The molecule has 0 amide bonds. The summed E-state index contributed by atoms with van der Waals surface area (Å²) >= 11 is 0. The third-order valence-corrected chi connectivity index (χ3v) is 3.31. The Morgan fingerprint density at radius 2 is 2.27 bits per heavy atom. The number of rotatable bonds is 4. The molecule has 1 heterocycles. The summed E-state index contributed by atoms with van der Waals surface area (Å²) in [5.41, 5.74) is 0.173. The number of likely N-dealkylation sites (tertiary alicyclic amines) is 1. The van der Waals surface area contributed by atoms with E-state index in [9.17, 15) is 0 Å². The third kappa shape index (κ3) is 3.48. The Kier molecular flexibility index (Phi) is 4.56. The maximum absolute atomic E-state index is 8.94. The first-order valence-electron chi connectivity index (χ1n) is 5.74. The van der Waals surface area contributed by atoms with Crippen LogP contribution in [-0.4, -0.2) is 37.2 Å². The molecule has 3 heteroatoms. The molecule has 0 saturated carbocycles. The normalized spacial score (nSPS) is 26.1. The van der Waals surface area contributed by atoms with Crippen LogP contribution in [0.1, 0.15) is 33.1 Å². The lowest BCUT2D eigenvalue weighted by Crippen LogP contribution is -2.50. The van der Waals surface area contributed by atoms with Gasteiger partial charge in [0.15, 0.2) is 0 Å². The van der Waals surface area contributed by atoms with Crippen LogP contribution in [0.2, 0.25) is 0 Å². The molecule has 1 aliphatic heterocycles. The number of nitriles is 1. The molecule has 86 valence electrons. The SMILES string of the molecule is COCCCN1CCC(C#N)CC1(C)C. The van der Waals surface area contributed by atoms with E-state index in [-0.39, 0.29) is 11.5 Å². The van der Waals surface area contributed by atoms with Gasteiger partial charge in [0.2, 0.25) is 0 Å². The molecule has 0 aliphatic carbocycles. The fourth-order valence-corrected chi connectivity index (χ4v) is 2.37. The highest BCUT2D eigenvalue weighted by Crippen LogP contribution is 2.30. The average Bonchev–Trinajstić information content (AvgIpc) is 2.20. The van der Waals surface area contributed by atoms with Crippen LogP contribution in [-0.2, 0) is 4.74 Å². The van der Waals surface area contributed by atoms with Crippen LogP contribution in [0.3, 0.4) is 0 Å². The van der Waals surface area contributed by atoms with E-state index in [4.69, 9.17) is 10.00 Å². The zero-order valence-corrected chi connectivity index (χ0v) is 10.1.